The van der Waals surface area contributed by atoms with Crippen LogP contribution in [0.15, 0.2) is 30.3 Å². The summed E-state index contributed by atoms with van der Waals surface area (Å²) in [7, 11) is 1.91. The molecule has 1 atom stereocenters. The molecule has 0 aromatic heterocycles. The molecule has 112 valence electrons. The van der Waals surface area contributed by atoms with Gasteiger partial charge in [0.05, 0.1) is 6.04 Å². The smallest absolute Gasteiger partial charge is 0.239 e. The molecule has 2 rings (SSSR count). The first-order valence-electron chi connectivity index (χ1n) is 7.24. The van der Waals surface area contributed by atoms with Crippen LogP contribution in [-0.4, -0.2) is 29.9 Å². The highest BCUT2D eigenvalue weighted by atomic mass is 35.5. The highest BCUT2D eigenvalue weighted by molar-refractivity contribution is 5.85. The molecule has 1 aromatic carbocycles. The van der Waals surface area contributed by atoms with Crippen LogP contribution in [0.3, 0.4) is 0 Å². The Kier molecular flexibility index (Phi) is 7.03. The lowest BCUT2D eigenvalue weighted by molar-refractivity contribution is -0.133. The number of benzene rings is 1. The van der Waals surface area contributed by atoms with Crippen molar-refractivity contribution in [3.05, 3.63) is 35.9 Å². The molecule has 20 heavy (non-hydrogen) atoms. The van der Waals surface area contributed by atoms with Gasteiger partial charge in [0.1, 0.15) is 0 Å². The monoisotopic (exact) mass is 296 g/mol. The second-order valence-corrected chi connectivity index (χ2v) is 5.54. The first-order valence-corrected chi connectivity index (χ1v) is 7.24. The second-order valence-electron chi connectivity index (χ2n) is 5.54. The Morgan fingerprint density at radius 1 is 1.25 bits per heavy atom. The predicted octanol–water partition coefficient (Wildman–Crippen LogP) is 2.77. The fourth-order valence-electron chi connectivity index (χ4n) is 2.87. The van der Waals surface area contributed by atoms with Crippen LogP contribution in [0.2, 0.25) is 0 Å². The van der Waals surface area contributed by atoms with E-state index in [0.717, 1.165) is 18.4 Å². The molecule has 0 spiro atoms. The fourth-order valence-corrected chi connectivity index (χ4v) is 2.87. The van der Waals surface area contributed by atoms with E-state index in [2.05, 4.69) is 0 Å². The van der Waals surface area contributed by atoms with Gasteiger partial charge in [-0.2, -0.15) is 0 Å². The van der Waals surface area contributed by atoms with Crippen LogP contribution in [-0.2, 0) is 11.2 Å². The lowest BCUT2D eigenvalue weighted by atomic mass is 9.94. The van der Waals surface area contributed by atoms with E-state index in [1.165, 1.54) is 19.3 Å². The zero-order valence-corrected chi connectivity index (χ0v) is 12.9. The van der Waals surface area contributed by atoms with Crippen LogP contribution in [0.1, 0.15) is 37.7 Å². The minimum absolute atomic E-state index is 0. The van der Waals surface area contributed by atoms with Gasteiger partial charge in [-0.25, -0.2) is 0 Å². The summed E-state index contributed by atoms with van der Waals surface area (Å²) in [6, 6.07) is 9.96. The molecule has 1 aliphatic rings. The molecule has 4 heteroatoms. The molecule has 1 saturated carbocycles. The summed E-state index contributed by atoms with van der Waals surface area (Å²) >= 11 is 0. The van der Waals surface area contributed by atoms with Crippen molar-refractivity contribution in [3.8, 4) is 0 Å². The molecule has 0 heterocycles. The van der Waals surface area contributed by atoms with Gasteiger partial charge in [0, 0.05) is 13.1 Å². The quantitative estimate of drug-likeness (QED) is 0.928. The molecule has 1 aliphatic carbocycles. The standard InChI is InChI=1S/C16H24N2O.ClH/c1-18(14-10-6-3-7-11-14)16(19)15(17)12-13-8-4-2-5-9-13;/h2,4-5,8-9,14-15H,3,6-7,10-12,17H2,1H3;1H. The van der Waals surface area contributed by atoms with E-state index in [-0.39, 0.29) is 18.3 Å². The Balaban J connectivity index is 0.00000200. The van der Waals surface area contributed by atoms with Crippen molar-refractivity contribution < 1.29 is 4.79 Å². The summed E-state index contributed by atoms with van der Waals surface area (Å²) in [5.41, 5.74) is 7.19. The third-order valence-corrected chi connectivity index (χ3v) is 4.09. The molecular formula is C16H25ClN2O. The molecule has 1 aromatic rings. The number of carbonyl (C=O) groups is 1. The van der Waals surface area contributed by atoms with Crippen molar-refractivity contribution in [2.24, 2.45) is 5.73 Å². The van der Waals surface area contributed by atoms with E-state index in [0.29, 0.717) is 12.5 Å². The molecule has 2 N–H and O–H groups in total. The Morgan fingerprint density at radius 3 is 2.45 bits per heavy atom. The van der Waals surface area contributed by atoms with Gasteiger partial charge in [-0.15, -0.1) is 12.4 Å². The van der Waals surface area contributed by atoms with Gasteiger partial charge in [-0.05, 0) is 24.8 Å². The maximum atomic E-state index is 12.3. The van der Waals surface area contributed by atoms with Crippen LogP contribution in [0.25, 0.3) is 0 Å². The van der Waals surface area contributed by atoms with E-state index in [1.54, 1.807) is 0 Å². The molecule has 1 amide bonds. The number of likely N-dealkylation sites (N-methyl/N-ethyl adjacent to an activating group) is 1. The van der Waals surface area contributed by atoms with Gasteiger partial charge in [-0.3, -0.25) is 4.79 Å². The molecule has 1 fully saturated rings. The predicted molar refractivity (Wildman–Crippen MR) is 85.0 cm³/mol. The highest BCUT2D eigenvalue weighted by Gasteiger charge is 2.25. The molecule has 3 nitrogen and oxygen atoms in total. The van der Waals surface area contributed by atoms with Gasteiger partial charge in [0.2, 0.25) is 5.91 Å². The average molecular weight is 297 g/mol. The van der Waals surface area contributed by atoms with Crippen molar-refractivity contribution in [2.75, 3.05) is 7.05 Å². The van der Waals surface area contributed by atoms with Gasteiger partial charge in [0.25, 0.3) is 0 Å². The number of carbonyl (C=O) groups excluding carboxylic acids is 1. The summed E-state index contributed by atoms with van der Waals surface area (Å²) in [4.78, 5) is 14.2. The van der Waals surface area contributed by atoms with Crippen molar-refractivity contribution in [1.82, 2.24) is 4.90 Å². The molecule has 0 radical (unpaired) electrons. The summed E-state index contributed by atoms with van der Waals surface area (Å²) in [6.07, 6.45) is 6.64. The summed E-state index contributed by atoms with van der Waals surface area (Å²) in [5.74, 6) is 0.0794. The third kappa shape index (κ3) is 4.50. The zero-order valence-electron chi connectivity index (χ0n) is 12.1. The van der Waals surface area contributed by atoms with Gasteiger partial charge in [-0.1, -0.05) is 49.6 Å². The van der Waals surface area contributed by atoms with Gasteiger partial charge >= 0.3 is 0 Å². The van der Waals surface area contributed by atoms with Gasteiger partial charge in [0.15, 0.2) is 0 Å². The van der Waals surface area contributed by atoms with Crippen molar-refractivity contribution in [2.45, 2.75) is 50.6 Å². The Labute approximate surface area is 127 Å². The number of nitrogens with two attached hydrogens (primary N) is 1. The van der Waals surface area contributed by atoms with E-state index < -0.39 is 6.04 Å². The number of hydrogen-bond donors (Lipinski definition) is 1. The van der Waals surface area contributed by atoms with Crippen LogP contribution < -0.4 is 5.73 Å². The normalized spacial score (nSPS) is 17.1. The number of halogens is 1. The fraction of sp³-hybridized carbons (Fsp3) is 0.562. The molecule has 0 aliphatic heterocycles. The zero-order chi connectivity index (χ0) is 13.7. The summed E-state index contributed by atoms with van der Waals surface area (Å²) in [6.45, 7) is 0. The third-order valence-electron chi connectivity index (χ3n) is 4.09. The number of nitrogens with zero attached hydrogens (tertiary/aromatic N) is 1. The van der Waals surface area contributed by atoms with E-state index >= 15 is 0 Å². The maximum Gasteiger partial charge on any atom is 0.239 e. The van der Waals surface area contributed by atoms with Crippen molar-refractivity contribution in [1.29, 1.82) is 0 Å². The van der Waals surface area contributed by atoms with Crippen LogP contribution >= 0.6 is 12.4 Å². The Bertz CT molecular complexity index is 404. The lowest BCUT2D eigenvalue weighted by Gasteiger charge is -2.32. The van der Waals surface area contributed by atoms with Crippen molar-refractivity contribution in [3.63, 3.8) is 0 Å². The largest absolute Gasteiger partial charge is 0.341 e. The average Bonchev–Trinajstić information content (AvgIpc) is 2.47. The molecule has 1 unspecified atom stereocenters. The maximum absolute atomic E-state index is 12.3. The first-order chi connectivity index (χ1) is 9.18. The summed E-state index contributed by atoms with van der Waals surface area (Å²) < 4.78 is 0. The molecule has 0 bridgehead atoms. The first kappa shape index (κ1) is 17.0. The molecule has 0 saturated heterocycles. The SMILES string of the molecule is CN(C(=O)C(N)Cc1ccccc1)C1CCCCC1.Cl. The minimum Gasteiger partial charge on any atom is -0.341 e. The minimum atomic E-state index is -0.422. The summed E-state index contributed by atoms with van der Waals surface area (Å²) in [5, 5.41) is 0. The topological polar surface area (TPSA) is 46.3 Å². The Morgan fingerprint density at radius 2 is 1.85 bits per heavy atom. The number of amides is 1. The van der Waals surface area contributed by atoms with Crippen molar-refractivity contribution >= 4 is 18.3 Å². The highest BCUT2D eigenvalue weighted by Crippen LogP contribution is 2.22. The van der Waals surface area contributed by atoms with Crippen LogP contribution in [0, 0.1) is 0 Å². The van der Waals surface area contributed by atoms with Gasteiger partial charge < -0.3 is 10.6 Å². The lowest BCUT2D eigenvalue weighted by Crippen LogP contribution is -2.48. The second kappa shape index (κ2) is 8.28. The molecular weight excluding hydrogens is 272 g/mol. The number of hydrogen-bond acceptors (Lipinski definition) is 2. The van der Waals surface area contributed by atoms with E-state index in [4.69, 9.17) is 5.73 Å². The number of rotatable bonds is 4. The van der Waals surface area contributed by atoms with Crippen LogP contribution in [0.5, 0.6) is 0 Å². The van der Waals surface area contributed by atoms with E-state index in [9.17, 15) is 4.79 Å². The van der Waals surface area contributed by atoms with Crippen LogP contribution in [0.4, 0.5) is 0 Å². The van der Waals surface area contributed by atoms with E-state index in [1.807, 2.05) is 42.3 Å². The Hall–Kier alpha value is -1.06.